The van der Waals surface area contributed by atoms with Crippen LogP contribution in [0.5, 0.6) is 5.75 Å². The summed E-state index contributed by atoms with van der Waals surface area (Å²) in [5.74, 6) is 0.405. The lowest BCUT2D eigenvalue weighted by Crippen LogP contribution is -2.31. The summed E-state index contributed by atoms with van der Waals surface area (Å²) in [5, 5.41) is 3.61. The monoisotopic (exact) mass is 285 g/mol. The Kier molecular flexibility index (Phi) is 5.63. The summed E-state index contributed by atoms with van der Waals surface area (Å²) in [6, 6.07) is 5.43. The highest BCUT2D eigenvalue weighted by Crippen LogP contribution is 2.25. The van der Waals surface area contributed by atoms with Crippen LogP contribution >= 0.6 is 11.6 Å². The Hall–Kier alpha value is -1.26. The summed E-state index contributed by atoms with van der Waals surface area (Å²) in [4.78, 5) is 11.5. The normalized spacial score (nSPS) is 11.2. The third-order valence-electron chi connectivity index (χ3n) is 2.29. The summed E-state index contributed by atoms with van der Waals surface area (Å²) in [7, 11) is 1.59. The summed E-state index contributed by atoms with van der Waals surface area (Å²) in [5.41, 5.74) is 0.358. The molecule has 0 aliphatic rings. The largest absolute Gasteiger partial charge is 0.496 e. The van der Waals surface area contributed by atoms with E-state index in [1.54, 1.807) is 13.2 Å². The molecule has 0 amide bonds. The number of methoxy groups -OCH3 is 1. The average molecular weight is 286 g/mol. The lowest BCUT2D eigenvalue weighted by atomic mass is 10.2. The number of carbonyl (C=O) groups is 1. The quantitative estimate of drug-likeness (QED) is 0.845. The van der Waals surface area contributed by atoms with Crippen LogP contribution in [0.1, 0.15) is 26.3 Å². The zero-order valence-electron chi connectivity index (χ0n) is 11.7. The fourth-order valence-corrected chi connectivity index (χ4v) is 1.80. The molecule has 1 rings (SSSR count). The molecule has 0 saturated heterocycles. The highest BCUT2D eigenvalue weighted by Gasteiger charge is 2.16. The van der Waals surface area contributed by atoms with E-state index in [0.29, 0.717) is 17.3 Å². The Morgan fingerprint density at radius 1 is 1.37 bits per heavy atom. The van der Waals surface area contributed by atoms with E-state index in [2.05, 4.69) is 5.32 Å². The molecule has 0 aliphatic carbocycles. The van der Waals surface area contributed by atoms with Crippen molar-refractivity contribution in [2.24, 2.45) is 0 Å². The maximum atomic E-state index is 11.5. The SMILES string of the molecule is COc1cccc(Cl)c1CNCC(=O)OC(C)(C)C. The molecule has 0 radical (unpaired) electrons. The fourth-order valence-electron chi connectivity index (χ4n) is 1.57. The van der Waals surface area contributed by atoms with Gasteiger partial charge >= 0.3 is 5.97 Å². The van der Waals surface area contributed by atoms with Crippen LogP contribution in [-0.4, -0.2) is 25.2 Å². The third kappa shape index (κ3) is 5.49. The van der Waals surface area contributed by atoms with E-state index in [4.69, 9.17) is 21.1 Å². The number of halogens is 1. The third-order valence-corrected chi connectivity index (χ3v) is 2.64. The topological polar surface area (TPSA) is 47.6 Å². The minimum Gasteiger partial charge on any atom is -0.496 e. The lowest BCUT2D eigenvalue weighted by molar-refractivity contribution is -0.153. The summed E-state index contributed by atoms with van der Waals surface area (Å²) >= 11 is 6.09. The molecule has 5 heteroatoms. The first-order valence-electron chi connectivity index (χ1n) is 6.07. The molecule has 0 bridgehead atoms. The molecular weight excluding hydrogens is 266 g/mol. The van der Waals surface area contributed by atoms with Gasteiger partial charge in [-0.05, 0) is 32.9 Å². The second-order valence-electron chi connectivity index (χ2n) is 5.11. The zero-order valence-corrected chi connectivity index (χ0v) is 12.5. The molecule has 0 spiro atoms. The first-order chi connectivity index (χ1) is 8.83. The van der Waals surface area contributed by atoms with Gasteiger partial charge in [0.25, 0.3) is 0 Å². The van der Waals surface area contributed by atoms with Crippen molar-refractivity contribution in [3.05, 3.63) is 28.8 Å². The van der Waals surface area contributed by atoms with Crippen LogP contribution in [0.25, 0.3) is 0 Å². The minimum absolute atomic E-state index is 0.131. The molecule has 0 unspecified atom stereocenters. The van der Waals surface area contributed by atoms with E-state index < -0.39 is 5.60 Å². The first kappa shape index (κ1) is 15.8. The molecule has 106 valence electrons. The molecule has 0 heterocycles. The van der Waals surface area contributed by atoms with Gasteiger partial charge in [0.15, 0.2) is 0 Å². The Bertz CT molecular complexity index is 441. The molecule has 0 aromatic heterocycles. The van der Waals surface area contributed by atoms with Gasteiger partial charge in [-0.15, -0.1) is 0 Å². The molecule has 1 aromatic carbocycles. The molecule has 4 nitrogen and oxygen atoms in total. The fraction of sp³-hybridized carbons (Fsp3) is 0.500. The number of carbonyl (C=O) groups excluding carboxylic acids is 1. The Morgan fingerprint density at radius 3 is 2.63 bits per heavy atom. The van der Waals surface area contributed by atoms with Gasteiger partial charge in [-0.3, -0.25) is 4.79 Å². The molecule has 0 atom stereocenters. The van der Waals surface area contributed by atoms with Gasteiger partial charge in [0, 0.05) is 17.1 Å². The van der Waals surface area contributed by atoms with Crippen molar-refractivity contribution in [1.29, 1.82) is 0 Å². The van der Waals surface area contributed by atoms with E-state index >= 15 is 0 Å². The van der Waals surface area contributed by atoms with Crippen LogP contribution in [0.3, 0.4) is 0 Å². The van der Waals surface area contributed by atoms with E-state index in [-0.39, 0.29) is 12.5 Å². The van der Waals surface area contributed by atoms with Crippen LogP contribution in [0, 0.1) is 0 Å². The number of hydrogen-bond acceptors (Lipinski definition) is 4. The van der Waals surface area contributed by atoms with Crippen molar-refractivity contribution in [2.45, 2.75) is 32.9 Å². The van der Waals surface area contributed by atoms with Gasteiger partial charge in [-0.2, -0.15) is 0 Å². The van der Waals surface area contributed by atoms with Crippen molar-refractivity contribution < 1.29 is 14.3 Å². The van der Waals surface area contributed by atoms with Crippen LogP contribution in [0.4, 0.5) is 0 Å². The second kappa shape index (κ2) is 6.78. The van der Waals surface area contributed by atoms with Crippen molar-refractivity contribution in [3.63, 3.8) is 0 Å². The highest BCUT2D eigenvalue weighted by molar-refractivity contribution is 6.31. The van der Waals surface area contributed by atoms with Crippen LogP contribution in [0.15, 0.2) is 18.2 Å². The summed E-state index contributed by atoms with van der Waals surface area (Å²) in [6.45, 7) is 6.08. The molecule has 1 aromatic rings. The second-order valence-corrected chi connectivity index (χ2v) is 5.52. The number of rotatable bonds is 5. The molecule has 19 heavy (non-hydrogen) atoms. The molecule has 0 aliphatic heterocycles. The van der Waals surface area contributed by atoms with Crippen molar-refractivity contribution >= 4 is 17.6 Å². The van der Waals surface area contributed by atoms with Crippen LogP contribution in [-0.2, 0) is 16.1 Å². The molecule has 0 fully saturated rings. The van der Waals surface area contributed by atoms with E-state index in [1.165, 1.54) is 0 Å². The highest BCUT2D eigenvalue weighted by atomic mass is 35.5. The number of ether oxygens (including phenoxy) is 2. The van der Waals surface area contributed by atoms with Gasteiger partial charge in [0.2, 0.25) is 0 Å². The molecule has 0 saturated carbocycles. The van der Waals surface area contributed by atoms with Gasteiger partial charge in [-0.1, -0.05) is 17.7 Å². The number of benzene rings is 1. The van der Waals surface area contributed by atoms with Crippen LogP contribution < -0.4 is 10.1 Å². The van der Waals surface area contributed by atoms with Gasteiger partial charge in [0.1, 0.15) is 11.4 Å². The number of esters is 1. The number of hydrogen-bond donors (Lipinski definition) is 1. The van der Waals surface area contributed by atoms with Crippen molar-refractivity contribution in [1.82, 2.24) is 5.32 Å². The predicted molar refractivity (Wildman–Crippen MR) is 75.6 cm³/mol. The zero-order chi connectivity index (χ0) is 14.5. The summed E-state index contributed by atoms with van der Waals surface area (Å²) in [6.07, 6.45) is 0. The lowest BCUT2D eigenvalue weighted by Gasteiger charge is -2.19. The number of nitrogens with one attached hydrogen (secondary N) is 1. The predicted octanol–water partition coefficient (Wildman–Crippen LogP) is 2.78. The van der Waals surface area contributed by atoms with Gasteiger partial charge in [-0.25, -0.2) is 0 Å². The standard InChI is InChI=1S/C14H20ClNO3/c1-14(2,3)19-13(17)9-16-8-10-11(15)6-5-7-12(10)18-4/h5-7,16H,8-9H2,1-4H3. The first-order valence-corrected chi connectivity index (χ1v) is 6.45. The Balaban J connectivity index is 2.52. The van der Waals surface area contributed by atoms with Crippen molar-refractivity contribution in [2.75, 3.05) is 13.7 Å². The smallest absolute Gasteiger partial charge is 0.320 e. The van der Waals surface area contributed by atoms with E-state index in [9.17, 15) is 4.79 Å². The molecular formula is C14H20ClNO3. The summed E-state index contributed by atoms with van der Waals surface area (Å²) < 4.78 is 10.4. The van der Waals surface area contributed by atoms with E-state index in [0.717, 1.165) is 5.56 Å². The van der Waals surface area contributed by atoms with Crippen molar-refractivity contribution in [3.8, 4) is 5.75 Å². The van der Waals surface area contributed by atoms with Crippen LogP contribution in [0.2, 0.25) is 5.02 Å². The molecule has 1 N–H and O–H groups in total. The van der Waals surface area contributed by atoms with Gasteiger partial charge < -0.3 is 14.8 Å². The Morgan fingerprint density at radius 2 is 2.05 bits per heavy atom. The van der Waals surface area contributed by atoms with Gasteiger partial charge in [0.05, 0.1) is 13.7 Å². The minimum atomic E-state index is -0.471. The average Bonchev–Trinajstić information content (AvgIpc) is 2.28. The maximum Gasteiger partial charge on any atom is 0.320 e. The van der Waals surface area contributed by atoms with E-state index in [1.807, 2.05) is 32.9 Å². The maximum absolute atomic E-state index is 11.5. The Labute approximate surface area is 119 Å².